The van der Waals surface area contributed by atoms with Gasteiger partial charge in [0.2, 0.25) is 0 Å². The predicted octanol–water partition coefficient (Wildman–Crippen LogP) is 4.14. The maximum atomic E-state index is 5.49. The lowest BCUT2D eigenvalue weighted by molar-refractivity contribution is 0.122. The molecule has 1 aliphatic rings. The van der Waals surface area contributed by atoms with Gasteiger partial charge in [-0.05, 0) is 61.1 Å². The average Bonchev–Trinajstić information content (AvgIpc) is 2.74. The van der Waals surface area contributed by atoms with Crippen LogP contribution in [0.15, 0.2) is 61.2 Å². The number of hydrogen-bond acceptors (Lipinski definition) is 4. The molecule has 0 spiro atoms. The highest BCUT2D eigenvalue weighted by molar-refractivity contribution is 7.80. The van der Waals surface area contributed by atoms with E-state index in [0.29, 0.717) is 11.7 Å². The second-order valence-electron chi connectivity index (χ2n) is 6.64. The first kappa shape index (κ1) is 20.2. The van der Waals surface area contributed by atoms with Crippen LogP contribution in [0.5, 0.6) is 5.75 Å². The number of ether oxygens (including phenoxy) is 2. The van der Waals surface area contributed by atoms with E-state index in [4.69, 9.17) is 21.7 Å². The molecule has 5 nitrogen and oxygen atoms in total. The lowest BCUT2D eigenvalue weighted by Gasteiger charge is -2.29. The van der Waals surface area contributed by atoms with Crippen LogP contribution in [-0.4, -0.2) is 38.0 Å². The molecule has 1 aliphatic heterocycles. The molecule has 2 aromatic carbocycles. The molecule has 1 saturated heterocycles. The van der Waals surface area contributed by atoms with Gasteiger partial charge in [0.15, 0.2) is 5.11 Å². The summed E-state index contributed by atoms with van der Waals surface area (Å²) in [6.07, 6.45) is 1.72. The van der Waals surface area contributed by atoms with E-state index >= 15 is 0 Å². The van der Waals surface area contributed by atoms with Crippen LogP contribution in [0.4, 0.5) is 11.4 Å². The summed E-state index contributed by atoms with van der Waals surface area (Å²) >= 11 is 5.45. The molecule has 0 saturated carbocycles. The predicted molar refractivity (Wildman–Crippen MR) is 119 cm³/mol. The van der Waals surface area contributed by atoms with Crippen molar-refractivity contribution in [1.29, 1.82) is 0 Å². The van der Waals surface area contributed by atoms with Crippen molar-refractivity contribution in [2.24, 2.45) is 0 Å². The molecule has 2 N–H and O–H groups in total. The van der Waals surface area contributed by atoms with Crippen LogP contribution in [0, 0.1) is 0 Å². The molecule has 1 fully saturated rings. The summed E-state index contributed by atoms with van der Waals surface area (Å²) in [5, 5.41) is 7.13. The van der Waals surface area contributed by atoms with Crippen molar-refractivity contribution in [3.8, 4) is 5.75 Å². The van der Waals surface area contributed by atoms with Crippen molar-refractivity contribution in [3.05, 3.63) is 66.7 Å². The van der Waals surface area contributed by atoms with Crippen molar-refractivity contribution >= 4 is 28.7 Å². The average molecular weight is 398 g/mol. The highest BCUT2D eigenvalue weighted by Gasteiger charge is 2.12. The Morgan fingerprint density at radius 1 is 1.18 bits per heavy atom. The highest BCUT2D eigenvalue weighted by Crippen LogP contribution is 2.21. The Labute approximate surface area is 172 Å². The van der Waals surface area contributed by atoms with Crippen molar-refractivity contribution in [1.82, 2.24) is 5.32 Å². The first-order chi connectivity index (χ1) is 13.7. The van der Waals surface area contributed by atoms with E-state index in [1.807, 2.05) is 24.3 Å². The van der Waals surface area contributed by atoms with E-state index in [1.54, 1.807) is 6.08 Å². The molecular formula is C22H27N3O2S. The molecule has 28 heavy (non-hydrogen) atoms. The summed E-state index contributed by atoms with van der Waals surface area (Å²) in [5.74, 6) is 0.804. The quantitative estimate of drug-likeness (QED) is 0.541. The molecule has 1 unspecified atom stereocenters. The second-order valence-corrected chi connectivity index (χ2v) is 7.04. The molecule has 1 heterocycles. The van der Waals surface area contributed by atoms with Gasteiger partial charge in [-0.25, -0.2) is 0 Å². The maximum Gasteiger partial charge on any atom is 0.171 e. The topological polar surface area (TPSA) is 45.8 Å². The molecule has 0 bridgehead atoms. The van der Waals surface area contributed by atoms with Gasteiger partial charge in [-0.15, -0.1) is 0 Å². The van der Waals surface area contributed by atoms with Crippen LogP contribution in [0.25, 0.3) is 0 Å². The number of hydrogen-bond donors (Lipinski definition) is 2. The minimum Gasteiger partial charge on any atom is -0.490 e. The highest BCUT2D eigenvalue weighted by atomic mass is 32.1. The number of benzene rings is 2. The van der Waals surface area contributed by atoms with Crippen molar-refractivity contribution in [3.63, 3.8) is 0 Å². The molecule has 1 atom stereocenters. The zero-order valence-electron chi connectivity index (χ0n) is 16.2. The molecular weight excluding hydrogens is 370 g/mol. The SMILES string of the molecule is C=CCOc1ccc(NC(=S)NC(C)c2ccc(N3CCOCC3)cc2)cc1. The second kappa shape index (κ2) is 10.1. The largest absolute Gasteiger partial charge is 0.490 e. The molecule has 148 valence electrons. The van der Waals surface area contributed by atoms with Gasteiger partial charge in [-0.3, -0.25) is 0 Å². The Bertz CT molecular complexity index is 771. The molecule has 3 rings (SSSR count). The minimum absolute atomic E-state index is 0.105. The van der Waals surface area contributed by atoms with Gasteiger partial charge in [-0.2, -0.15) is 0 Å². The van der Waals surface area contributed by atoms with Gasteiger partial charge in [0.05, 0.1) is 19.3 Å². The number of rotatable bonds is 7. The Balaban J connectivity index is 1.51. The summed E-state index contributed by atoms with van der Waals surface area (Å²) in [6.45, 7) is 9.71. The zero-order chi connectivity index (χ0) is 19.8. The third kappa shape index (κ3) is 5.71. The third-order valence-corrected chi connectivity index (χ3v) is 4.82. The minimum atomic E-state index is 0.105. The number of thiocarbonyl (C=S) groups is 1. The molecule has 0 aromatic heterocycles. The first-order valence-corrected chi connectivity index (χ1v) is 9.90. The van der Waals surface area contributed by atoms with E-state index in [2.05, 4.69) is 53.3 Å². The van der Waals surface area contributed by atoms with Crippen LogP contribution in [0.3, 0.4) is 0 Å². The zero-order valence-corrected chi connectivity index (χ0v) is 17.0. The normalized spacial score (nSPS) is 14.8. The Hall–Kier alpha value is -2.57. The number of anilines is 2. The van der Waals surface area contributed by atoms with Crippen molar-refractivity contribution in [2.45, 2.75) is 13.0 Å². The number of morpholine rings is 1. The van der Waals surface area contributed by atoms with Crippen LogP contribution < -0.4 is 20.3 Å². The standard InChI is InChI=1S/C22H27N3O2S/c1-3-14-27-21-10-6-19(7-11-21)24-22(28)23-17(2)18-4-8-20(9-5-18)25-12-15-26-16-13-25/h3-11,17H,1,12-16H2,2H3,(H2,23,24,28). The molecule has 0 amide bonds. The monoisotopic (exact) mass is 397 g/mol. The van der Waals surface area contributed by atoms with Gasteiger partial charge < -0.3 is 25.0 Å². The maximum absolute atomic E-state index is 5.49. The van der Waals surface area contributed by atoms with Crippen LogP contribution >= 0.6 is 12.2 Å². The fourth-order valence-corrected chi connectivity index (χ4v) is 3.33. The smallest absolute Gasteiger partial charge is 0.171 e. The lowest BCUT2D eigenvalue weighted by atomic mass is 10.1. The van der Waals surface area contributed by atoms with Gasteiger partial charge in [0.25, 0.3) is 0 Å². The molecule has 6 heteroatoms. The van der Waals surface area contributed by atoms with Crippen LogP contribution in [-0.2, 0) is 4.74 Å². The molecule has 0 radical (unpaired) electrons. The molecule has 0 aliphatic carbocycles. The fraction of sp³-hybridized carbons (Fsp3) is 0.318. The Morgan fingerprint density at radius 2 is 1.86 bits per heavy atom. The summed E-state index contributed by atoms with van der Waals surface area (Å²) in [6, 6.07) is 16.4. The van der Waals surface area contributed by atoms with Gasteiger partial charge in [0, 0.05) is 24.5 Å². The first-order valence-electron chi connectivity index (χ1n) is 9.49. The Morgan fingerprint density at radius 3 is 2.50 bits per heavy atom. The van der Waals surface area contributed by atoms with E-state index in [9.17, 15) is 0 Å². The number of nitrogens with zero attached hydrogens (tertiary/aromatic N) is 1. The Kier molecular flexibility index (Phi) is 7.28. The van der Waals surface area contributed by atoms with E-state index in [-0.39, 0.29) is 6.04 Å². The van der Waals surface area contributed by atoms with Crippen LogP contribution in [0.2, 0.25) is 0 Å². The van der Waals surface area contributed by atoms with Gasteiger partial charge >= 0.3 is 0 Å². The van der Waals surface area contributed by atoms with E-state index in [0.717, 1.165) is 37.7 Å². The summed E-state index contributed by atoms with van der Waals surface area (Å²) < 4.78 is 10.9. The van der Waals surface area contributed by atoms with E-state index < -0.39 is 0 Å². The van der Waals surface area contributed by atoms with Crippen molar-refractivity contribution in [2.75, 3.05) is 43.1 Å². The van der Waals surface area contributed by atoms with Gasteiger partial charge in [-0.1, -0.05) is 24.8 Å². The third-order valence-electron chi connectivity index (χ3n) is 4.60. The summed E-state index contributed by atoms with van der Waals surface area (Å²) in [4.78, 5) is 2.35. The van der Waals surface area contributed by atoms with Gasteiger partial charge in [0.1, 0.15) is 12.4 Å². The summed E-state index contributed by atoms with van der Waals surface area (Å²) in [7, 11) is 0. The lowest BCUT2D eigenvalue weighted by Crippen LogP contribution is -2.36. The fourth-order valence-electron chi connectivity index (χ4n) is 3.03. The van der Waals surface area contributed by atoms with Crippen molar-refractivity contribution < 1.29 is 9.47 Å². The van der Waals surface area contributed by atoms with E-state index in [1.165, 1.54) is 11.3 Å². The van der Waals surface area contributed by atoms with Crippen LogP contribution in [0.1, 0.15) is 18.5 Å². The molecule has 2 aromatic rings. The summed E-state index contributed by atoms with van der Waals surface area (Å²) in [5.41, 5.74) is 3.34. The number of nitrogens with one attached hydrogen (secondary N) is 2.